The predicted octanol–water partition coefficient (Wildman–Crippen LogP) is 2.69. The summed E-state index contributed by atoms with van der Waals surface area (Å²) in [6.45, 7) is 0. The van der Waals surface area contributed by atoms with Crippen molar-refractivity contribution in [3.8, 4) is 0 Å². The van der Waals surface area contributed by atoms with Crippen LogP contribution in [0, 0.1) is 0 Å². The molecule has 0 fully saturated rings. The van der Waals surface area contributed by atoms with Crippen LogP contribution in [0.3, 0.4) is 0 Å². The number of hydrogen-bond acceptors (Lipinski definition) is 4. The molecule has 1 aliphatic carbocycles. The molecule has 2 aromatic carbocycles. The Morgan fingerprint density at radius 2 is 1.55 bits per heavy atom. The maximum absolute atomic E-state index is 12.4. The number of hydrogen-bond donors (Lipinski definition) is 1. The highest BCUT2D eigenvalue weighted by atomic mass is 16.3. The van der Waals surface area contributed by atoms with Crippen molar-refractivity contribution in [1.82, 2.24) is 9.55 Å². The van der Waals surface area contributed by atoms with Gasteiger partial charge in [0.25, 0.3) is 5.78 Å². The van der Waals surface area contributed by atoms with Gasteiger partial charge in [-0.2, -0.15) is 0 Å². The van der Waals surface area contributed by atoms with Gasteiger partial charge in [0.1, 0.15) is 12.0 Å². The van der Waals surface area contributed by atoms with Gasteiger partial charge in [0.15, 0.2) is 5.76 Å². The number of aromatic nitrogens is 2. The van der Waals surface area contributed by atoms with Crippen LogP contribution >= 0.6 is 0 Å². The minimum Gasteiger partial charge on any atom is -0.505 e. The number of allylic oxidation sites excluding steroid dienone is 1. The SMILES string of the molecule is O=C1C(=O)c2ccccc2C(O)=C1n1cnc2ccccc21. The van der Waals surface area contributed by atoms with Crippen molar-refractivity contribution in [2.75, 3.05) is 0 Å². The zero-order valence-electron chi connectivity index (χ0n) is 11.4. The number of ketones is 2. The first-order valence-corrected chi connectivity index (χ1v) is 6.72. The van der Waals surface area contributed by atoms with Crippen LogP contribution in [0.4, 0.5) is 0 Å². The van der Waals surface area contributed by atoms with E-state index in [-0.39, 0.29) is 17.0 Å². The topological polar surface area (TPSA) is 72.2 Å². The molecule has 4 rings (SSSR count). The van der Waals surface area contributed by atoms with Gasteiger partial charge in [-0.25, -0.2) is 4.98 Å². The molecule has 1 N–H and O–H groups in total. The molecule has 0 saturated heterocycles. The zero-order chi connectivity index (χ0) is 15.3. The molecule has 0 atom stereocenters. The highest BCUT2D eigenvalue weighted by Crippen LogP contribution is 2.31. The summed E-state index contributed by atoms with van der Waals surface area (Å²) >= 11 is 0. The number of carbonyl (C=O) groups excluding carboxylic acids is 2. The third-order valence-corrected chi connectivity index (χ3v) is 3.77. The molecule has 0 radical (unpaired) electrons. The van der Waals surface area contributed by atoms with Gasteiger partial charge in [0, 0.05) is 11.1 Å². The second kappa shape index (κ2) is 4.39. The highest BCUT2D eigenvalue weighted by Gasteiger charge is 2.34. The third kappa shape index (κ3) is 1.56. The summed E-state index contributed by atoms with van der Waals surface area (Å²) in [5.41, 5.74) is 1.86. The molecular formula is C17H10N2O3. The van der Waals surface area contributed by atoms with Crippen molar-refractivity contribution in [3.63, 3.8) is 0 Å². The van der Waals surface area contributed by atoms with E-state index in [0.29, 0.717) is 16.6 Å². The van der Waals surface area contributed by atoms with Crippen molar-refractivity contribution in [1.29, 1.82) is 0 Å². The average molecular weight is 290 g/mol. The number of aliphatic hydroxyl groups is 1. The molecule has 106 valence electrons. The minimum absolute atomic E-state index is 0.0580. The fourth-order valence-electron chi connectivity index (χ4n) is 2.71. The Kier molecular flexibility index (Phi) is 2.50. The Morgan fingerprint density at radius 1 is 0.864 bits per heavy atom. The highest BCUT2D eigenvalue weighted by molar-refractivity contribution is 6.60. The molecule has 1 aliphatic rings. The molecule has 1 aromatic heterocycles. The van der Waals surface area contributed by atoms with E-state index in [4.69, 9.17) is 0 Å². The second-order valence-electron chi connectivity index (χ2n) is 5.00. The van der Waals surface area contributed by atoms with Crippen molar-refractivity contribution < 1.29 is 14.7 Å². The molecule has 0 bridgehead atoms. The van der Waals surface area contributed by atoms with Gasteiger partial charge >= 0.3 is 0 Å². The van der Waals surface area contributed by atoms with Crippen molar-refractivity contribution >= 4 is 34.1 Å². The molecule has 1 heterocycles. The number of benzene rings is 2. The first-order valence-electron chi connectivity index (χ1n) is 6.72. The molecule has 5 nitrogen and oxygen atoms in total. The quantitative estimate of drug-likeness (QED) is 0.699. The number of rotatable bonds is 1. The van der Waals surface area contributed by atoms with Crippen LogP contribution in [0.25, 0.3) is 22.5 Å². The molecule has 0 amide bonds. The van der Waals surface area contributed by atoms with Crippen molar-refractivity contribution in [2.24, 2.45) is 0 Å². The lowest BCUT2D eigenvalue weighted by Crippen LogP contribution is -2.25. The van der Waals surface area contributed by atoms with Crippen LogP contribution in [-0.2, 0) is 4.79 Å². The number of fused-ring (bicyclic) bond motifs is 2. The van der Waals surface area contributed by atoms with Gasteiger partial charge in [-0.3, -0.25) is 14.2 Å². The van der Waals surface area contributed by atoms with E-state index < -0.39 is 11.6 Å². The molecule has 0 saturated carbocycles. The summed E-state index contributed by atoms with van der Waals surface area (Å²) in [4.78, 5) is 28.9. The lowest BCUT2D eigenvalue weighted by molar-refractivity contribution is -0.110. The Labute approximate surface area is 125 Å². The lowest BCUT2D eigenvalue weighted by Gasteiger charge is -2.18. The Balaban J connectivity index is 2.06. The molecular weight excluding hydrogens is 280 g/mol. The van der Waals surface area contributed by atoms with Crippen LogP contribution in [0.5, 0.6) is 0 Å². The maximum atomic E-state index is 12.4. The summed E-state index contributed by atoms with van der Waals surface area (Å²) in [6.07, 6.45) is 1.44. The molecule has 5 heteroatoms. The van der Waals surface area contributed by atoms with E-state index in [9.17, 15) is 14.7 Å². The normalized spacial score (nSPS) is 14.5. The molecule has 0 aliphatic heterocycles. The summed E-state index contributed by atoms with van der Waals surface area (Å²) in [5.74, 6) is -1.57. The van der Waals surface area contributed by atoms with Gasteiger partial charge in [0.05, 0.1) is 11.0 Å². The number of carbonyl (C=O) groups is 2. The van der Waals surface area contributed by atoms with Crippen LogP contribution < -0.4 is 0 Å². The van der Waals surface area contributed by atoms with Crippen LogP contribution in [0.1, 0.15) is 15.9 Å². The fourth-order valence-corrected chi connectivity index (χ4v) is 2.71. The van der Waals surface area contributed by atoms with Crippen LogP contribution in [0.2, 0.25) is 0 Å². The Bertz CT molecular complexity index is 982. The van der Waals surface area contributed by atoms with Crippen LogP contribution in [0.15, 0.2) is 54.9 Å². The zero-order valence-corrected chi connectivity index (χ0v) is 11.4. The van der Waals surface area contributed by atoms with E-state index in [1.165, 1.54) is 17.0 Å². The second-order valence-corrected chi connectivity index (χ2v) is 5.00. The molecule has 3 aromatic rings. The summed E-state index contributed by atoms with van der Waals surface area (Å²) < 4.78 is 1.46. The molecule has 22 heavy (non-hydrogen) atoms. The monoisotopic (exact) mass is 290 g/mol. The number of Topliss-reactive ketones (excluding diaryl/α,β-unsaturated/α-hetero) is 2. The Morgan fingerprint density at radius 3 is 2.36 bits per heavy atom. The number of imidazole rings is 1. The van der Waals surface area contributed by atoms with E-state index >= 15 is 0 Å². The standard InChI is InChI=1S/C17H10N2O3/c20-15-10-5-1-2-6-11(10)16(21)17(22)14(15)19-9-18-12-7-3-4-8-13(12)19/h1-9,20H. The number of aliphatic hydroxyl groups excluding tert-OH is 1. The van der Waals surface area contributed by atoms with Gasteiger partial charge in [-0.05, 0) is 12.1 Å². The molecule has 0 spiro atoms. The first-order chi connectivity index (χ1) is 10.7. The average Bonchev–Trinajstić information content (AvgIpc) is 2.97. The first kappa shape index (κ1) is 12.5. The van der Waals surface area contributed by atoms with E-state index in [2.05, 4.69) is 4.98 Å². The minimum atomic E-state index is -0.737. The lowest BCUT2D eigenvalue weighted by atomic mass is 9.91. The number of para-hydroxylation sites is 2. The van der Waals surface area contributed by atoms with E-state index in [0.717, 1.165) is 0 Å². The van der Waals surface area contributed by atoms with Gasteiger partial charge in [-0.1, -0.05) is 36.4 Å². The smallest absolute Gasteiger partial charge is 0.254 e. The van der Waals surface area contributed by atoms with Gasteiger partial charge in [0.2, 0.25) is 5.78 Å². The van der Waals surface area contributed by atoms with Gasteiger partial charge in [-0.15, -0.1) is 0 Å². The third-order valence-electron chi connectivity index (χ3n) is 3.77. The fraction of sp³-hybridized carbons (Fsp3) is 0. The van der Waals surface area contributed by atoms with E-state index in [1.54, 1.807) is 36.4 Å². The summed E-state index contributed by atoms with van der Waals surface area (Å²) in [6, 6.07) is 13.7. The molecule has 0 unspecified atom stereocenters. The number of nitrogens with zero attached hydrogens (tertiary/aromatic N) is 2. The summed E-state index contributed by atoms with van der Waals surface area (Å²) in [7, 11) is 0. The van der Waals surface area contributed by atoms with Crippen LogP contribution in [-0.4, -0.2) is 26.2 Å². The van der Waals surface area contributed by atoms with Crippen molar-refractivity contribution in [2.45, 2.75) is 0 Å². The largest absolute Gasteiger partial charge is 0.505 e. The maximum Gasteiger partial charge on any atom is 0.254 e. The summed E-state index contributed by atoms with van der Waals surface area (Å²) in [5, 5.41) is 10.5. The van der Waals surface area contributed by atoms with E-state index in [1.807, 2.05) is 6.07 Å². The predicted molar refractivity (Wildman–Crippen MR) is 81.3 cm³/mol. The van der Waals surface area contributed by atoms with Gasteiger partial charge < -0.3 is 5.11 Å². The Hall–Kier alpha value is -3.21. The van der Waals surface area contributed by atoms with Crippen molar-refractivity contribution in [3.05, 3.63) is 66.0 Å².